The molecule has 0 aromatic heterocycles. The Morgan fingerprint density at radius 2 is 1.78 bits per heavy atom. The topological polar surface area (TPSA) is 90.2 Å². The van der Waals surface area contributed by atoms with Gasteiger partial charge in [0.25, 0.3) is 0 Å². The number of likely N-dealkylation sites (tertiary alicyclic amines) is 1. The number of anilines is 1. The van der Waals surface area contributed by atoms with Crippen LogP contribution >= 0.6 is 21.3 Å². The Bertz CT molecular complexity index is 812. The third-order valence-electron chi connectivity index (χ3n) is 4.63. The van der Waals surface area contributed by atoms with Crippen LogP contribution in [0, 0.1) is 0 Å². The lowest BCUT2D eigenvalue weighted by Gasteiger charge is -2.32. The van der Waals surface area contributed by atoms with E-state index < -0.39 is 12.1 Å². The molecule has 1 fully saturated rings. The molecule has 10 heteroatoms. The average Bonchev–Trinajstić information content (AvgIpc) is 3.28. The minimum Gasteiger partial charge on any atom is -0.487 e. The molecule has 0 bridgehead atoms. The summed E-state index contributed by atoms with van der Waals surface area (Å²) in [6.07, 6.45) is 4.51. The van der Waals surface area contributed by atoms with E-state index in [0.717, 1.165) is 23.7 Å². The second kappa shape index (κ2) is 7.80. The Labute approximate surface area is 167 Å². The van der Waals surface area contributed by atoms with E-state index in [4.69, 9.17) is 4.74 Å². The molecule has 0 aliphatic carbocycles. The van der Waals surface area contributed by atoms with E-state index in [0.29, 0.717) is 24.1 Å². The summed E-state index contributed by atoms with van der Waals surface area (Å²) in [5, 5.41) is 6.49. The highest BCUT2D eigenvalue weighted by atomic mass is 127. The van der Waals surface area contributed by atoms with Crippen molar-refractivity contribution >= 4 is 39.1 Å². The van der Waals surface area contributed by atoms with Crippen molar-refractivity contribution in [3.05, 3.63) is 36.2 Å². The third kappa shape index (κ3) is 4.05. The van der Waals surface area contributed by atoms with E-state index in [1.54, 1.807) is 24.3 Å². The quantitative estimate of drug-likeness (QED) is 0.469. The van der Waals surface area contributed by atoms with Crippen LogP contribution in [-0.4, -0.2) is 52.9 Å². The molecule has 0 N–H and O–H groups in total. The summed E-state index contributed by atoms with van der Waals surface area (Å²) in [5.41, 5.74) is 1.39. The predicted molar refractivity (Wildman–Crippen MR) is 107 cm³/mol. The molecular formula is C17H19IN6O3. The van der Waals surface area contributed by atoms with Gasteiger partial charge in [-0.25, -0.2) is 17.6 Å². The summed E-state index contributed by atoms with van der Waals surface area (Å²) < 4.78 is 12.9. The maximum absolute atomic E-state index is 11.5. The summed E-state index contributed by atoms with van der Waals surface area (Å²) in [6.45, 7) is 2.69. The SMILES string of the molecule is CN1CCC(N2C=C(COc3ccc(N4C(=O)N=NC4=O)cc3)N=I2)CC1. The zero-order chi connectivity index (χ0) is 18.8. The first-order valence-corrected chi connectivity index (χ1v) is 10.6. The van der Waals surface area contributed by atoms with Gasteiger partial charge in [0.2, 0.25) is 0 Å². The minimum absolute atomic E-state index is 0.344. The molecule has 142 valence electrons. The van der Waals surface area contributed by atoms with Gasteiger partial charge in [0.15, 0.2) is 0 Å². The van der Waals surface area contributed by atoms with Gasteiger partial charge < -0.3 is 12.8 Å². The van der Waals surface area contributed by atoms with Crippen LogP contribution < -0.4 is 9.64 Å². The molecule has 9 nitrogen and oxygen atoms in total. The van der Waals surface area contributed by atoms with Crippen molar-refractivity contribution in [3.63, 3.8) is 0 Å². The highest BCUT2D eigenvalue weighted by Crippen LogP contribution is 2.31. The van der Waals surface area contributed by atoms with E-state index in [9.17, 15) is 9.59 Å². The van der Waals surface area contributed by atoms with Crippen LogP contribution in [0.15, 0.2) is 49.5 Å². The fourth-order valence-corrected chi connectivity index (χ4v) is 5.22. The van der Waals surface area contributed by atoms with E-state index in [1.807, 2.05) is 0 Å². The number of benzene rings is 1. The maximum Gasteiger partial charge on any atom is 0.375 e. The number of amides is 4. The second-order valence-corrected chi connectivity index (χ2v) is 8.57. The second-order valence-electron chi connectivity index (χ2n) is 6.54. The number of ether oxygens (including phenoxy) is 1. The van der Waals surface area contributed by atoms with Crippen molar-refractivity contribution in [1.29, 1.82) is 0 Å². The number of carbonyl (C=O) groups excluding carboxylic acids is 2. The van der Waals surface area contributed by atoms with Gasteiger partial charge in [-0.05, 0) is 57.2 Å². The van der Waals surface area contributed by atoms with Crippen LogP contribution in [0.3, 0.4) is 0 Å². The Morgan fingerprint density at radius 1 is 1.11 bits per heavy atom. The van der Waals surface area contributed by atoms with Gasteiger partial charge in [0, 0.05) is 12.2 Å². The highest BCUT2D eigenvalue weighted by Gasteiger charge is 2.29. The van der Waals surface area contributed by atoms with Crippen molar-refractivity contribution < 1.29 is 14.3 Å². The van der Waals surface area contributed by atoms with E-state index in [-0.39, 0.29) is 21.3 Å². The molecule has 0 atom stereocenters. The lowest BCUT2D eigenvalue weighted by Crippen LogP contribution is -2.37. The monoisotopic (exact) mass is 482 g/mol. The summed E-state index contributed by atoms with van der Waals surface area (Å²) in [7, 11) is 2.17. The van der Waals surface area contributed by atoms with Crippen LogP contribution in [0.5, 0.6) is 5.75 Å². The van der Waals surface area contributed by atoms with Gasteiger partial charge in [0.1, 0.15) is 39.4 Å². The number of piperidine rings is 1. The molecule has 3 aliphatic heterocycles. The molecule has 0 saturated carbocycles. The molecular weight excluding hydrogens is 463 g/mol. The van der Waals surface area contributed by atoms with Gasteiger partial charge in [-0.15, -0.1) is 0 Å². The summed E-state index contributed by atoms with van der Waals surface area (Å²) in [4.78, 5) is 26.4. The fourth-order valence-electron chi connectivity index (χ4n) is 3.08. The molecule has 4 amide bonds. The zero-order valence-corrected chi connectivity index (χ0v) is 16.9. The number of nitrogens with zero attached hydrogens (tertiary/aromatic N) is 6. The number of imide groups is 1. The average molecular weight is 482 g/mol. The lowest BCUT2D eigenvalue weighted by molar-refractivity contribution is 0.219. The molecule has 1 aromatic carbocycles. The zero-order valence-electron chi connectivity index (χ0n) is 14.8. The van der Waals surface area contributed by atoms with Crippen LogP contribution in [0.4, 0.5) is 15.3 Å². The van der Waals surface area contributed by atoms with E-state index >= 15 is 0 Å². The first-order valence-electron chi connectivity index (χ1n) is 8.66. The summed E-state index contributed by atoms with van der Waals surface area (Å²) >= 11 is -0.344. The molecule has 4 rings (SSSR count). The first kappa shape index (κ1) is 18.2. The number of carbonyl (C=O) groups is 2. The Balaban J connectivity index is 1.32. The number of rotatable bonds is 5. The molecule has 27 heavy (non-hydrogen) atoms. The van der Waals surface area contributed by atoms with Gasteiger partial charge in [0.05, 0.1) is 5.69 Å². The number of azo groups is 1. The largest absolute Gasteiger partial charge is 0.487 e. The Kier molecular flexibility index (Phi) is 5.25. The molecule has 1 saturated heterocycles. The van der Waals surface area contributed by atoms with E-state index in [1.165, 1.54) is 12.8 Å². The highest BCUT2D eigenvalue weighted by molar-refractivity contribution is 14.1. The smallest absolute Gasteiger partial charge is 0.375 e. The molecule has 3 heterocycles. The number of hydrogen-bond acceptors (Lipinski definition) is 6. The third-order valence-corrected chi connectivity index (χ3v) is 7.03. The molecule has 3 aliphatic rings. The maximum atomic E-state index is 11.5. The molecule has 1 aromatic rings. The Hall–Kier alpha value is -2.21. The van der Waals surface area contributed by atoms with Gasteiger partial charge >= 0.3 is 12.1 Å². The van der Waals surface area contributed by atoms with Gasteiger partial charge in [-0.2, -0.15) is 0 Å². The van der Waals surface area contributed by atoms with E-state index in [2.05, 4.69) is 34.6 Å². The first-order chi connectivity index (χ1) is 13.1. The van der Waals surface area contributed by atoms with Crippen molar-refractivity contribution in [2.24, 2.45) is 13.4 Å². The van der Waals surface area contributed by atoms with Crippen molar-refractivity contribution in [1.82, 2.24) is 8.01 Å². The lowest BCUT2D eigenvalue weighted by atomic mass is 10.1. The van der Waals surface area contributed by atoms with Crippen molar-refractivity contribution in [2.45, 2.75) is 18.9 Å². The van der Waals surface area contributed by atoms with Crippen molar-refractivity contribution in [2.75, 3.05) is 31.6 Å². The predicted octanol–water partition coefficient (Wildman–Crippen LogP) is 3.90. The van der Waals surface area contributed by atoms with Crippen LogP contribution in [-0.2, 0) is 0 Å². The molecule has 0 spiro atoms. The van der Waals surface area contributed by atoms with Gasteiger partial charge in [-0.3, -0.25) is 0 Å². The number of hydrogen-bond donors (Lipinski definition) is 0. The molecule has 0 unspecified atom stereocenters. The summed E-state index contributed by atoms with van der Waals surface area (Å²) in [5.74, 6) is 0.652. The van der Waals surface area contributed by atoms with Crippen LogP contribution in [0.1, 0.15) is 12.8 Å². The van der Waals surface area contributed by atoms with Gasteiger partial charge in [-0.1, -0.05) is 10.2 Å². The minimum atomic E-state index is -0.679. The van der Waals surface area contributed by atoms with Crippen LogP contribution in [0.25, 0.3) is 0 Å². The fraction of sp³-hybridized carbons (Fsp3) is 0.412. The van der Waals surface area contributed by atoms with Crippen LogP contribution in [0.2, 0.25) is 0 Å². The van der Waals surface area contributed by atoms with Crippen molar-refractivity contribution in [3.8, 4) is 5.75 Å². The Morgan fingerprint density at radius 3 is 2.44 bits per heavy atom. The standard InChI is InChI=1S/C17H19IN6O3/c1-22-8-6-13(7-9-22)23-10-12(19-18-23)11-27-15-4-2-14(3-5-15)24-16(25)20-21-17(24)26/h2-5,10,13H,6-9,11H2,1H3. The normalized spacial score (nSPS) is 21.0. The summed E-state index contributed by atoms with van der Waals surface area (Å²) in [6, 6.07) is 5.95. The number of halogens is 1. The molecule has 0 radical (unpaired) electrons. The number of urea groups is 2.